The van der Waals surface area contributed by atoms with E-state index in [2.05, 4.69) is 38.1 Å². The number of hydrogen-bond donors (Lipinski definition) is 0. The Morgan fingerprint density at radius 2 is 1.28 bits per heavy atom. The van der Waals surface area contributed by atoms with E-state index >= 15 is 0 Å². The lowest BCUT2D eigenvalue weighted by Crippen LogP contribution is -2.43. The summed E-state index contributed by atoms with van der Waals surface area (Å²) in [5, 5.41) is 0. The molecular weight excluding hydrogens is 364 g/mol. The van der Waals surface area contributed by atoms with Crippen LogP contribution in [-0.4, -0.2) is 40.6 Å². The first-order valence-electron chi connectivity index (χ1n) is 11.6. The van der Waals surface area contributed by atoms with E-state index in [1.807, 2.05) is 6.07 Å². The molecule has 4 nitrogen and oxygen atoms in total. The lowest BCUT2D eigenvalue weighted by atomic mass is 9.83. The number of rotatable bonds is 19. The van der Waals surface area contributed by atoms with Crippen molar-refractivity contribution >= 4 is 0 Å². The van der Waals surface area contributed by atoms with Gasteiger partial charge >= 0.3 is 0 Å². The van der Waals surface area contributed by atoms with Crippen LogP contribution in [0.1, 0.15) is 77.2 Å². The fourth-order valence-corrected chi connectivity index (χ4v) is 3.95. The molecule has 1 atom stereocenters. The predicted octanol–water partition coefficient (Wildman–Crippen LogP) is 6.33. The molecule has 0 saturated carbocycles. The van der Waals surface area contributed by atoms with Gasteiger partial charge in [0.25, 0.3) is 0 Å². The van der Waals surface area contributed by atoms with Gasteiger partial charge in [-0.05, 0) is 12.8 Å². The van der Waals surface area contributed by atoms with Crippen LogP contribution in [0.3, 0.4) is 0 Å². The van der Waals surface area contributed by atoms with Crippen LogP contribution >= 0.6 is 0 Å². The standard InChI is InChI=1S/C25H44O4/c1-5-7-8-9-10-12-16-23(15-6-2)25(28-21-19-26-3,29-22-20-27-4)24-17-13-11-14-18-24/h11,13-14,17-18,23H,5-10,12,15-16,19-22H2,1-4H3. The lowest BCUT2D eigenvalue weighted by molar-refractivity contribution is -0.286. The summed E-state index contributed by atoms with van der Waals surface area (Å²) in [6, 6.07) is 10.4. The Bertz CT molecular complexity index is 467. The van der Waals surface area contributed by atoms with Crippen LogP contribution in [0.5, 0.6) is 0 Å². The zero-order valence-electron chi connectivity index (χ0n) is 19.3. The molecule has 0 aliphatic carbocycles. The Morgan fingerprint density at radius 1 is 0.690 bits per heavy atom. The quantitative estimate of drug-likeness (QED) is 0.198. The molecule has 0 spiro atoms. The van der Waals surface area contributed by atoms with Gasteiger partial charge in [-0.15, -0.1) is 0 Å². The van der Waals surface area contributed by atoms with Gasteiger partial charge in [0.05, 0.1) is 26.4 Å². The van der Waals surface area contributed by atoms with Crippen LogP contribution in [0, 0.1) is 5.92 Å². The fourth-order valence-electron chi connectivity index (χ4n) is 3.95. The van der Waals surface area contributed by atoms with Gasteiger partial charge in [-0.3, -0.25) is 0 Å². The Hall–Kier alpha value is -0.940. The van der Waals surface area contributed by atoms with E-state index in [1.165, 1.54) is 38.5 Å². The van der Waals surface area contributed by atoms with E-state index in [0.717, 1.165) is 24.8 Å². The van der Waals surface area contributed by atoms with Crippen molar-refractivity contribution in [3.63, 3.8) is 0 Å². The molecule has 0 radical (unpaired) electrons. The van der Waals surface area contributed by atoms with E-state index in [-0.39, 0.29) is 0 Å². The summed E-state index contributed by atoms with van der Waals surface area (Å²) in [7, 11) is 3.42. The van der Waals surface area contributed by atoms with Crippen molar-refractivity contribution in [2.45, 2.75) is 77.4 Å². The topological polar surface area (TPSA) is 36.9 Å². The van der Waals surface area contributed by atoms with Crippen LogP contribution in [0.2, 0.25) is 0 Å². The Labute approximate surface area is 179 Å². The summed E-state index contributed by atoms with van der Waals surface area (Å²) >= 11 is 0. The first kappa shape index (κ1) is 26.1. The maximum atomic E-state index is 6.51. The van der Waals surface area contributed by atoms with Crippen molar-refractivity contribution in [1.82, 2.24) is 0 Å². The number of methoxy groups -OCH3 is 2. The zero-order chi connectivity index (χ0) is 21.2. The molecule has 0 saturated heterocycles. The van der Waals surface area contributed by atoms with Gasteiger partial charge in [-0.1, -0.05) is 89.1 Å². The molecule has 0 N–H and O–H groups in total. The third-order valence-electron chi connectivity index (χ3n) is 5.46. The molecule has 0 fully saturated rings. The number of ether oxygens (including phenoxy) is 4. The molecule has 0 amide bonds. The van der Waals surface area contributed by atoms with Crippen molar-refractivity contribution in [2.75, 3.05) is 40.6 Å². The molecule has 0 heterocycles. The highest BCUT2D eigenvalue weighted by molar-refractivity contribution is 5.21. The summed E-state index contributed by atoms with van der Waals surface area (Å²) in [5.41, 5.74) is 1.09. The molecule has 1 unspecified atom stereocenters. The summed E-state index contributed by atoms with van der Waals surface area (Å²) in [6.45, 7) is 6.63. The molecule has 1 rings (SSSR count). The normalized spacial score (nSPS) is 13.0. The van der Waals surface area contributed by atoms with Gasteiger partial charge in [-0.2, -0.15) is 0 Å². The minimum Gasteiger partial charge on any atom is -0.382 e. The third kappa shape index (κ3) is 9.61. The van der Waals surface area contributed by atoms with E-state index in [4.69, 9.17) is 18.9 Å². The average Bonchev–Trinajstić information content (AvgIpc) is 2.75. The second-order valence-electron chi connectivity index (χ2n) is 7.76. The molecule has 0 bridgehead atoms. The Balaban J connectivity index is 3.01. The van der Waals surface area contributed by atoms with Crippen LogP contribution in [0.15, 0.2) is 30.3 Å². The van der Waals surface area contributed by atoms with Crippen LogP contribution in [0.4, 0.5) is 0 Å². The molecule has 168 valence electrons. The molecule has 1 aromatic rings. The number of unbranched alkanes of at least 4 members (excludes halogenated alkanes) is 5. The van der Waals surface area contributed by atoms with Crippen molar-refractivity contribution in [1.29, 1.82) is 0 Å². The van der Waals surface area contributed by atoms with Crippen molar-refractivity contribution in [3.05, 3.63) is 35.9 Å². The summed E-state index contributed by atoms with van der Waals surface area (Å²) in [6.07, 6.45) is 11.1. The summed E-state index contributed by atoms with van der Waals surface area (Å²) < 4.78 is 23.6. The Morgan fingerprint density at radius 3 is 1.83 bits per heavy atom. The first-order valence-corrected chi connectivity index (χ1v) is 11.6. The van der Waals surface area contributed by atoms with Gasteiger partial charge in [0.15, 0.2) is 5.79 Å². The molecule has 29 heavy (non-hydrogen) atoms. The van der Waals surface area contributed by atoms with Gasteiger partial charge in [0.2, 0.25) is 0 Å². The minimum absolute atomic E-state index is 0.301. The summed E-state index contributed by atoms with van der Waals surface area (Å²) in [4.78, 5) is 0. The molecular formula is C25H44O4. The predicted molar refractivity (Wildman–Crippen MR) is 120 cm³/mol. The number of benzene rings is 1. The highest BCUT2D eigenvalue weighted by Gasteiger charge is 2.42. The second kappa shape index (κ2) is 16.8. The zero-order valence-corrected chi connectivity index (χ0v) is 19.3. The van der Waals surface area contributed by atoms with E-state index < -0.39 is 5.79 Å². The SMILES string of the molecule is CCCCCCCCC(CCC)C(OCCOC)(OCCOC)c1ccccc1. The average molecular weight is 409 g/mol. The monoisotopic (exact) mass is 408 g/mol. The highest BCUT2D eigenvalue weighted by atomic mass is 16.7. The molecule has 1 aromatic carbocycles. The van der Waals surface area contributed by atoms with Crippen LogP contribution in [0.25, 0.3) is 0 Å². The fraction of sp³-hybridized carbons (Fsp3) is 0.760. The highest BCUT2D eigenvalue weighted by Crippen LogP contribution is 2.41. The van der Waals surface area contributed by atoms with Crippen LogP contribution < -0.4 is 0 Å². The van der Waals surface area contributed by atoms with Gasteiger partial charge in [0.1, 0.15) is 0 Å². The third-order valence-corrected chi connectivity index (χ3v) is 5.46. The lowest BCUT2D eigenvalue weighted by Gasteiger charge is -2.41. The van der Waals surface area contributed by atoms with Crippen molar-refractivity contribution < 1.29 is 18.9 Å². The molecule has 0 aliphatic rings. The Kier molecular flexibility index (Phi) is 15.1. The van der Waals surface area contributed by atoms with Gasteiger partial charge in [0, 0.05) is 25.7 Å². The second-order valence-corrected chi connectivity index (χ2v) is 7.76. The van der Waals surface area contributed by atoms with E-state index in [9.17, 15) is 0 Å². The summed E-state index contributed by atoms with van der Waals surface area (Å²) in [5.74, 6) is -0.452. The minimum atomic E-state index is -0.752. The number of hydrogen-bond acceptors (Lipinski definition) is 4. The first-order chi connectivity index (χ1) is 14.2. The molecule has 4 heteroatoms. The molecule has 0 aliphatic heterocycles. The van der Waals surface area contributed by atoms with Crippen LogP contribution in [-0.2, 0) is 24.7 Å². The maximum absolute atomic E-state index is 6.51. The van der Waals surface area contributed by atoms with E-state index in [1.54, 1.807) is 14.2 Å². The largest absolute Gasteiger partial charge is 0.382 e. The van der Waals surface area contributed by atoms with Gasteiger partial charge in [-0.25, -0.2) is 0 Å². The van der Waals surface area contributed by atoms with Crippen molar-refractivity contribution in [3.8, 4) is 0 Å². The smallest absolute Gasteiger partial charge is 0.197 e. The van der Waals surface area contributed by atoms with Gasteiger partial charge < -0.3 is 18.9 Å². The maximum Gasteiger partial charge on any atom is 0.197 e. The van der Waals surface area contributed by atoms with Crippen molar-refractivity contribution in [2.24, 2.45) is 5.92 Å². The van der Waals surface area contributed by atoms with E-state index in [0.29, 0.717) is 32.3 Å². The molecule has 0 aromatic heterocycles.